The Labute approximate surface area is 163 Å². The Bertz CT molecular complexity index is 1150. The number of benzene rings is 1. The Hall–Kier alpha value is -3.22. The van der Waals surface area contributed by atoms with Crippen LogP contribution in [0.15, 0.2) is 41.0 Å². The first kappa shape index (κ1) is 18.2. The Balaban J connectivity index is 1.83. The molecular formula is C21H24N6O. The van der Waals surface area contributed by atoms with Crippen molar-refractivity contribution in [1.29, 1.82) is 0 Å². The number of allylic oxidation sites excluding steroid dienone is 1. The van der Waals surface area contributed by atoms with E-state index in [0.29, 0.717) is 24.6 Å². The van der Waals surface area contributed by atoms with Crippen LogP contribution in [-0.4, -0.2) is 26.1 Å². The fourth-order valence-electron chi connectivity index (χ4n) is 4.00. The number of aryl methyl sites for hydroxylation is 1. The number of nitrogens with two attached hydrogens (primary N) is 1. The van der Waals surface area contributed by atoms with Crippen LogP contribution in [0.25, 0.3) is 16.6 Å². The number of hydrogen-bond acceptors (Lipinski definition) is 6. The number of rotatable bonds is 4. The summed E-state index contributed by atoms with van der Waals surface area (Å²) in [6, 6.07) is 7.67. The molecule has 4 rings (SSSR count). The number of fused-ring (bicyclic) bond motifs is 2. The highest BCUT2D eigenvalue weighted by atomic mass is 16.1. The largest absolute Gasteiger partial charge is 0.383 e. The maximum atomic E-state index is 12.9. The normalized spacial score (nSPS) is 13.9. The van der Waals surface area contributed by atoms with Gasteiger partial charge in [-0.1, -0.05) is 26.0 Å². The van der Waals surface area contributed by atoms with E-state index in [1.165, 1.54) is 17.5 Å². The molecule has 7 nitrogen and oxygen atoms in total. The molecule has 3 heterocycles. The molecule has 0 aliphatic carbocycles. The fourth-order valence-corrected chi connectivity index (χ4v) is 4.00. The first-order valence-corrected chi connectivity index (χ1v) is 9.56. The van der Waals surface area contributed by atoms with Crippen LogP contribution < -0.4 is 16.2 Å². The average Bonchev–Trinajstić information content (AvgIpc) is 2.71. The van der Waals surface area contributed by atoms with Gasteiger partial charge in [-0.15, -0.1) is 0 Å². The molecule has 0 spiro atoms. The molecule has 0 fully saturated rings. The van der Waals surface area contributed by atoms with E-state index in [2.05, 4.69) is 33.7 Å². The molecule has 7 heteroatoms. The zero-order chi connectivity index (χ0) is 19.8. The van der Waals surface area contributed by atoms with E-state index in [9.17, 15) is 4.79 Å². The Morgan fingerprint density at radius 1 is 1.14 bits per heavy atom. The second kappa shape index (κ2) is 7.07. The standard InChI is InChI=1S/C21H24N6O/c1-4-13-10-27(20-18(14(13)5-2)19(22)23-12-24-20)11-16-21(28)26(3)17-9-7-6-8-15(17)25-16/h6-9,12H,4-5,10-11H2,1-3H3,(H2,22,23,24). The minimum atomic E-state index is -0.0920. The summed E-state index contributed by atoms with van der Waals surface area (Å²) in [6.45, 7) is 5.35. The van der Waals surface area contributed by atoms with Gasteiger partial charge in [-0.2, -0.15) is 0 Å². The number of anilines is 2. The molecule has 0 saturated heterocycles. The third-order valence-electron chi connectivity index (χ3n) is 5.44. The summed E-state index contributed by atoms with van der Waals surface area (Å²) >= 11 is 0. The molecule has 1 aromatic carbocycles. The predicted octanol–water partition coefficient (Wildman–Crippen LogP) is 2.90. The second-order valence-electron chi connectivity index (χ2n) is 7.01. The van der Waals surface area contributed by atoms with Crippen LogP contribution in [0.1, 0.15) is 37.9 Å². The lowest BCUT2D eigenvalue weighted by Gasteiger charge is -2.33. The summed E-state index contributed by atoms with van der Waals surface area (Å²) in [5.74, 6) is 1.26. The van der Waals surface area contributed by atoms with Crippen LogP contribution in [0.3, 0.4) is 0 Å². The van der Waals surface area contributed by atoms with Crippen LogP contribution in [0.5, 0.6) is 0 Å². The summed E-state index contributed by atoms with van der Waals surface area (Å²) in [4.78, 5) is 28.3. The lowest BCUT2D eigenvalue weighted by molar-refractivity contribution is 0.748. The Morgan fingerprint density at radius 3 is 2.68 bits per heavy atom. The van der Waals surface area contributed by atoms with Crippen molar-refractivity contribution >= 4 is 28.2 Å². The highest BCUT2D eigenvalue weighted by molar-refractivity contribution is 5.85. The first-order chi connectivity index (χ1) is 13.5. The first-order valence-electron chi connectivity index (χ1n) is 9.56. The van der Waals surface area contributed by atoms with Crippen molar-refractivity contribution in [3.05, 3.63) is 57.8 Å². The van der Waals surface area contributed by atoms with E-state index in [0.717, 1.165) is 35.3 Å². The van der Waals surface area contributed by atoms with E-state index in [-0.39, 0.29) is 5.56 Å². The third-order valence-corrected chi connectivity index (χ3v) is 5.44. The summed E-state index contributed by atoms with van der Waals surface area (Å²) in [5, 5.41) is 0. The van der Waals surface area contributed by atoms with E-state index < -0.39 is 0 Å². The van der Waals surface area contributed by atoms with E-state index in [1.54, 1.807) is 11.6 Å². The molecule has 144 valence electrons. The van der Waals surface area contributed by atoms with E-state index in [4.69, 9.17) is 5.73 Å². The maximum absolute atomic E-state index is 12.9. The molecule has 3 aromatic rings. The third kappa shape index (κ3) is 2.83. The summed E-state index contributed by atoms with van der Waals surface area (Å²) < 4.78 is 1.66. The molecule has 0 atom stereocenters. The highest BCUT2D eigenvalue weighted by Crippen LogP contribution is 2.39. The van der Waals surface area contributed by atoms with Crippen LogP contribution in [0.2, 0.25) is 0 Å². The van der Waals surface area contributed by atoms with Gasteiger partial charge >= 0.3 is 0 Å². The molecular weight excluding hydrogens is 352 g/mol. The van der Waals surface area contributed by atoms with Gasteiger partial charge in [0.25, 0.3) is 5.56 Å². The summed E-state index contributed by atoms with van der Waals surface area (Å²) in [5.41, 5.74) is 11.7. The predicted molar refractivity (Wildman–Crippen MR) is 112 cm³/mol. The van der Waals surface area contributed by atoms with Gasteiger partial charge in [0.2, 0.25) is 0 Å². The van der Waals surface area contributed by atoms with Gasteiger partial charge in [-0.05, 0) is 36.1 Å². The van der Waals surface area contributed by atoms with Crippen molar-refractivity contribution in [2.24, 2.45) is 7.05 Å². The van der Waals surface area contributed by atoms with Gasteiger partial charge in [0.05, 0.1) is 23.1 Å². The Morgan fingerprint density at radius 2 is 1.93 bits per heavy atom. The molecule has 28 heavy (non-hydrogen) atoms. The Kier molecular flexibility index (Phi) is 4.58. The molecule has 1 aliphatic heterocycles. The van der Waals surface area contributed by atoms with Gasteiger partial charge in [0.15, 0.2) is 0 Å². The fraction of sp³-hybridized carbons (Fsp3) is 0.333. The van der Waals surface area contributed by atoms with Crippen molar-refractivity contribution in [2.75, 3.05) is 17.2 Å². The second-order valence-corrected chi connectivity index (χ2v) is 7.01. The minimum absolute atomic E-state index is 0.0920. The molecule has 0 amide bonds. The number of nitrogens with zero attached hydrogens (tertiary/aromatic N) is 5. The summed E-state index contributed by atoms with van der Waals surface area (Å²) in [6.07, 6.45) is 3.27. The number of aromatic nitrogens is 4. The van der Waals surface area contributed by atoms with Gasteiger partial charge < -0.3 is 15.2 Å². The molecule has 0 bridgehead atoms. The van der Waals surface area contributed by atoms with Crippen molar-refractivity contribution in [2.45, 2.75) is 33.2 Å². The van der Waals surface area contributed by atoms with Crippen LogP contribution in [0, 0.1) is 0 Å². The zero-order valence-electron chi connectivity index (χ0n) is 16.4. The van der Waals surface area contributed by atoms with Crippen LogP contribution in [-0.2, 0) is 13.6 Å². The number of hydrogen-bond donors (Lipinski definition) is 1. The number of para-hydroxylation sites is 2. The molecule has 0 saturated carbocycles. The quantitative estimate of drug-likeness (QED) is 0.753. The minimum Gasteiger partial charge on any atom is -0.383 e. The van der Waals surface area contributed by atoms with Crippen LogP contribution in [0.4, 0.5) is 11.6 Å². The lowest BCUT2D eigenvalue weighted by atomic mass is 9.92. The van der Waals surface area contributed by atoms with Crippen molar-refractivity contribution < 1.29 is 0 Å². The smallest absolute Gasteiger partial charge is 0.274 e. The molecule has 1 aliphatic rings. The number of nitrogen functional groups attached to an aromatic ring is 1. The van der Waals surface area contributed by atoms with Gasteiger partial charge in [0, 0.05) is 13.6 Å². The maximum Gasteiger partial charge on any atom is 0.274 e. The van der Waals surface area contributed by atoms with Gasteiger partial charge in [0.1, 0.15) is 23.7 Å². The van der Waals surface area contributed by atoms with Crippen molar-refractivity contribution in [1.82, 2.24) is 19.5 Å². The van der Waals surface area contributed by atoms with Crippen molar-refractivity contribution in [3.8, 4) is 0 Å². The molecule has 2 aromatic heterocycles. The summed E-state index contributed by atoms with van der Waals surface area (Å²) in [7, 11) is 1.78. The zero-order valence-corrected chi connectivity index (χ0v) is 16.4. The SMILES string of the molecule is CCC1=C(CC)c2c(N)ncnc2N(Cc2nc3ccccc3n(C)c2=O)C1. The topological polar surface area (TPSA) is 89.9 Å². The molecule has 0 unspecified atom stereocenters. The van der Waals surface area contributed by atoms with E-state index in [1.807, 2.05) is 24.3 Å². The highest BCUT2D eigenvalue weighted by Gasteiger charge is 2.27. The lowest BCUT2D eigenvalue weighted by Crippen LogP contribution is -2.35. The van der Waals surface area contributed by atoms with Gasteiger partial charge in [-0.3, -0.25) is 4.79 Å². The van der Waals surface area contributed by atoms with E-state index >= 15 is 0 Å². The van der Waals surface area contributed by atoms with Crippen LogP contribution >= 0.6 is 0 Å². The monoisotopic (exact) mass is 376 g/mol. The van der Waals surface area contributed by atoms with Gasteiger partial charge in [-0.25, -0.2) is 15.0 Å². The van der Waals surface area contributed by atoms with Crippen molar-refractivity contribution in [3.63, 3.8) is 0 Å². The average molecular weight is 376 g/mol. The molecule has 0 radical (unpaired) electrons. The molecule has 2 N–H and O–H groups in total.